The van der Waals surface area contributed by atoms with Crippen molar-refractivity contribution in [1.29, 1.82) is 0 Å². The van der Waals surface area contributed by atoms with Crippen LogP contribution in [-0.4, -0.2) is 4.98 Å². The van der Waals surface area contributed by atoms with Gasteiger partial charge < -0.3 is 4.42 Å². The fourth-order valence-corrected chi connectivity index (χ4v) is 1.16. The van der Waals surface area contributed by atoms with Crippen LogP contribution in [0.2, 0.25) is 0 Å². The number of aromatic nitrogens is 1. The average Bonchev–Trinajstić information content (AvgIpc) is 2.77. The van der Waals surface area contributed by atoms with Gasteiger partial charge in [-0.25, -0.2) is 4.98 Å². The fourth-order valence-electron chi connectivity index (χ4n) is 1.16. The van der Waals surface area contributed by atoms with Crippen molar-refractivity contribution in [3.8, 4) is 0 Å². The lowest BCUT2D eigenvalue weighted by Gasteiger charge is -1.98. The number of allylic oxidation sites excluding steroid dienone is 2. The van der Waals surface area contributed by atoms with Crippen molar-refractivity contribution in [3.05, 3.63) is 29.5 Å². The summed E-state index contributed by atoms with van der Waals surface area (Å²) in [6.07, 6.45) is 5.91. The lowest BCUT2D eigenvalue weighted by atomic mass is 10.1. The lowest BCUT2D eigenvalue weighted by Crippen LogP contribution is -1.86. The van der Waals surface area contributed by atoms with Gasteiger partial charge in [0.1, 0.15) is 5.76 Å². The topological polar surface area (TPSA) is 26.0 Å². The van der Waals surface area contributed by atoms with Crippen molar-refractivity contribution >= 4 is 0 Å². The van der Waals surface area contributed by atoms with Crippen molar-refractivity contribution in [3.63, 3.8) is 0 Å². The van der Waals surface area contributed by atoms with E-state index in [1.165, 1.54) is 5.57 Å². The minimum absolute atomic E-state index is 0.430. The zero-order valence-corrected chi connectivity index (χ0v) is 11.5. The third-order valence-electron chi connectivity index (χ3n) is 2.37. The van der Waals surface area contributed by atoms with E-state index in [2.05, 4.69) is 38.8 Å². The number of oxazole rings is 1. The minimum Gasteiger partial charge on any atom is -0.445 e. The van der Waals surface area contributed by atoms with Crippen molar-refractivity contribution in [2.24, 2.45) is 0 Å². The van der Waals surface area contributed by atoms with Crippen LogP contribution < -0.4 is 0 Å². The summed E-state index contributed by atoms with van der Waals surface area (Å²) in [6, 6.07) is 0. The molecule has 2 heteroatoms. The maximum Gasteiger partial charge on any atom is 0.194 e. The van der Waals surface area contributed by atoms with Gasteiger partial charge in [-0.2, -0.15) is 0 Å². The second-order valence-electron chi connectivity index (χ2n) is 3.95. The number of hydrogen-bond acceptors (Lipinski definition) is 2. The third-order valence-corrected chi connectivity index (χ3v) is 2.37. The van der Waals surface area contributed by atoms with Gasteiger partial charge in [0.05, 0.1) is 6.20 Å². The number of rotatable bonds is 4. The van der Waals surface area contributed by atoms with Crippen LogP contribution in [-0.2, 0) is 6.42 Å². The molecule has 0 saturated heterocycles. The molecular formula is C14H25NO. The summed E-state index contributed by atoms with van der Waals surface area (Å²) < 4.78 is 5.60. The molecule has 16 heavy (non-hydrogen) atoms. The van der Waals surface area contributed by atoms with Crippen LogP contribution in [0.1, 0.15) is 65.5 Å². The quantitative estimate of drug-likeness (QED) is 0.690. The van der Waals surface area contributed by atoms with Gasteiger partial charge in [-0.05, 0) is 20.3 Å². The summed E-state index contributed by atoms with van der Waals surface area (Å²) in [5.41, 5.74) is 1.38. The van der Waals surface area contributed by atoms with Gasteiger partial charge in [-0.15, -0.1) is 0 Å². The first-order valence-electron chi connectivity index (χ1n) is 6.20. The van der Waals surface area contributed by atoms with E-state index in [4.69, 9.17) is 4.42 Å². The Morgan fingerprint density at radius 3 is 2.50 bits per heavy atom. The molecular weight excluding hydrogens is 198 g/mol. The molecule has 0 amide bonds. The molecule has 0 radical (unpaired) electrons. The van der Waals surface area contributed by atoms with Gasteiger partial charge in [0, 0.05) is 12.3 Å². The molecule has 0 atom stereocenters. The van der Waals surface area contributed by atoms with E-state index in [-0.39, 0.29) is 0 Å². The Balaban J connectivity index is 0.00000106. The molecule has 0 spiro atoms. The van der Waals surface area contributed by atoms with Crippen LogP contribution in [0.3, 0.4) is 0 Å². The fraction of sp³-hybridized carbons (Fsp3) is 0.643. The van der Waals surface area contributed by atoms with Gasteiger partial charge >= 0.3 is 0 Å². The molecule has 0 saturated carbocycles. The highest BCUT2D eigenvalue weighted by molar-refractivity contribution is 5.02. The Labute approximate surface area is 99.8 Å². The van der Waals surface area contributed by atoms with E-state index in [0.717, 1.165) is 24.5 Å². The molecule has 0 aromatic carbocycles. The summed E-state index contributed by atoms with van der Waals surface area (Å²) in [6.45, 7) is 12.4. The van der Waals surface area contributed by atoms with Crippen molar-refractivity contribution < 1.29 is 4.42 Å². The van der Waals surface area contributed by atoms with Gasteiger partial charge in [0.25, 0.3) is 0 Å². The van der Waals surface area contributed by atoms with E-state index in [0.29, 0.717) is 5.92 Å². The number of aryl methyl sites for hydroxylation is 1. The van der Waals surface area contributed by atoms with Crippen LogP contribution in [0.15, 0.2) is 22.3 Å². The lowest BCUT2D eigenvalue weighted by molar-refractivity contribution is 0.438. The standard InChI is InChI=1S/C12H19NO.C2H6/c1-5-10(4)6-7-12-13-8-11(14-12)9(2)3;1-2/h5,8-9H,6-7H2,1-4H3;1-2H3/b10-5+;. The first-order valence-corrected chi connectivity index (χ1v) is 6.20. The van der Waals surface area contributed by atoms with E-state index in [9.17, 15) is 0 Å². The van der Waals surface area contributed by atoms with Gasteiger partial charge in [-0.1, -0.05) is 39.3 Å². The molecule has 1 aromatic heterocycles. The Kier molecular flexibility index (Phi) is 7.61. The summed E-state index contributed by atoms with van der Waals surface area (Å²) in [7, 11) is 0. The Bertz CT molecular complexity index is 310. The molecule has 0 aliphatic heterocycles. The molecule has 0 fully saturated rings. The Hall–Kier alpha value is -1.05. The zero-order chi connectivity index (χ0) is 12.6. The van der Waals surface area contributed by atoms with E-state index < -0.39 is 0 Å². The molecule has 1 aromatic rings. The van der Waals surface area contributed by atoms with Crippen molar-refractivity contribution in [1.82, 2.24) is 4.98 Å². The van der Waals surface area contributed by atoms with Gasteiger partial charge in [0.15, 0.2) is 5.89 Å². The molecule has 1 heterocycles. The highest BCUT2D eigenvalue weighted by Crippen LogP contribution is 2.16. The molecule has 0 aliphatic carbocycles. The summed E-state index contributed by atoms with van der Waals surface area (Å²) in [5.74, 6) is 2.27. The Morgan fingerprint density at radius 2 is 2.06 bits per heavy atom. The summed E-state index contributed by atoms with van der Waals surface area (Å²) in [4.78, 5) is 4.25. The largest absolute Gasteiger partial charge is 0.445 e. The molecule has 0 aliphatic rings. The maximum absolute atomic E-state index is 5.60. The zero-order valence-electron chi connectivity index (χ0n) is 11.5. The van der Waals surface area contributed by atoms with Gasteiger partial charge in [-0.3, -0.25) is 0 Å². The van der Waals surface area contributed by atoms with Crippen LogP contribution >= 0.6 is 0 Å². The van der Waals surface area contributed by atoms with E-state index >= 15 is 0 Å². The first-order chi connectivity index (χ1) is 7.63. The summed E-state index contributed by atoms with van der Waals surface area (Å²) >= 11 is 0. The van der Waals surface area contributed by atoms with Crippen molar-refractivity contribution in [2.75, 3.05) is 0 Å². The second kappa shape index (κ2) is 8.14. The Morgan fingerprint density at radius 1 is 1.44 bits per heavy atom. The highest BCUT2D eigenvalue weighted by atomic mass is 16.4. The SMILES string of the molecule is C/C=C(\C)CCc1ncc(C(C)C)o1.CC. The van der Waals surface area contributed by atoms with E-state index in [1.54, 1.807) is 0 Å². The number of nitrogens with zero attached hydrogens (tertiary/aromatic N) is 1. The predicted molar refractivity (Wildman–Crippen MR) is 69.7 cm³/mol. The first kappa shape index (κ1) is 14.9. The number of hydrogen-bond donors (Lipinski definition) is 0. The van der Waals surface area contributed by atoms with Crippen molar-refractivity contribution in [2.45, 2.75) is 60.3 Å². The normalized spacial score (nSPS) is 11.3. The summed E-state index contributed by atoms with van der Waals surface area (Å²) in [5, 5.41) is 0. The minimum atomic E-state index is 0.430. The molecule has 0 N–H and O–H groups in total. The molecule has 0 unspecified atom stereocenters. The van der Waals surface area contributed by atoms with Crippen LogP contribution in [0.5, 0.6) is 0 Å². The average molecular weight is 223 g/mol. The van der Waals surface area contributed by atoms with Crippen LogP contribution in [0, 0.1) is 0 Å². The smallest absolute Gasteiger partial charge is 0.194 e. The van der Waals surface area contributed by atoms with Crippen LogP contribution in [0.4, 0.5) is 0 Å². The molecule has 2 nitrogen and oxygen atoms in total. The predicted octanol–water partition coefficient (Wildman–Crippen LogP) is 4.72. The maximum atomic E-state index is 5.60. The monoisotopic (exact) mass is 223 g/mol. The van der Waals surface area contributed by atoms with E-state index in [1.807, 2.05) is 20.0 Å². The van der Waals surface area contributed by atoms with Crippen LogP contribution in [0.25, 0.3) is 0 Å². The van der Waals surface area contributed by atoms with Gasteiger partial charge in [0.2, 0.25) is 0 Å². The second-order valence-corrected chi connectivity index (χ2v) is 3.95. The molecule has 0 bridgehead atoms. The third kappa shape index (κ3) is 5.15. The highest BCUT2D eigenvalue weighted by Gasteiger charge is 2.06. The molecule has 1 rings (SSSR count). The molecule has 92 valence electrons.